The third-order valence-corrected chi connectivity index (χ3v) is 4.75. The molecular weight excluding hydrogens is 258 g/mol. The second-order valence-corrected chi connectivity index (χ2v) is 7.03. The zero-order valence-electron chi connectivity index (χ0n) is 12.0. The number of thiocarbonyl (C=S) groups is 1. The summed E-state index contributed by atoms with van der Waals surface area (Å²) in [6.07, 6.45) is 3.41. The Hall–Kier alpha value is -0.680. The molecule has 1 unspecified atom stereocenters. The summed E-state index contributed by atoms with van der Waals surface area (Å²) in [5.74, 6) is 0.576. The third-order valence-electron chi connectivity index (χ3n) is 4.62. The van der Waals surface area contributed by atoms with E-state index in [1.807, 2.05) is 4.90 Å². The topological polar surface area (TPSA) is 49.6 Å². The number of piperazine rings is 1. The smallest absolute Gasteiger partial charge is 0.226 e. The molecule has 2 aliphatic rings. The predicted octanol–water partition coefficient (Wildman–Crippen LogP) is 1.24. The van der Waals surface area contributed by atoms with Crippen molar-refractivity contribution in [1.82, 2.24) is 9.80 Å². The summed E-state index contributed by atoms with van der Waals surface area (Å²) < 4.78 is 0. The zero-order valence-corrected chi connectivity index (χ0v) is 12.8. The van der Waals surface area contributed by atoms with Gasteiger partial charge in [-0.3, -0.25) is 9.69 Å². The van der Waals surface area contributed by atoms with E-state index < -0.39 is 0 Å². The molecule has 0 spiro atoms. The number of hydrogen-bond acceptors (Lipinski definition) is 3. The molecule has 2 rings (SSSR count). The van der Waals surface area contributed by atoms with Gasteiger partial charge in [0.05, 0.1) is 4.99 Å². The number of hydrogen-bond donors (Lipinski definition) is 1. The number of carbonyl (C=O) groups excluding carboxylic acids is 1. The van der Waals surface area contributed by atoms with Gasteiger partial charge >= 0.3 is 0 Å². The lowest BCUT2D eigenvalue weighted by Gasteiger charge is -2.38. The average Bonchev–Trinajstić information content (AvgIpc) is 2.68. The highest BCUT2D eigenvalue weighted by molar-refractivity contribution is 7.80. The fraction of sp³-hybridized carbons (Fsp3) is 0.857. The maximum absolute atomic E-state index is 12.6. The van der Waals surface area contributed by atoms with Gasteiger partial charge in [0.2, 0.25) is 5.91 Å². The van der Waals surface area contributed by atoms with Crippen LogP contribution in [0.2, 0.25) is 0 Å². The molecule has 1 saturated heterocycles. The van der Waals surface area contributed by atoms with Crippen LogP contribution in [0.15, 0.2) is 0 Å². The molecule has 5 heteroatoms. The van der Waals surface area contributed by atoms with Gasteiger partial charge in [-0.05, 0) is 18.3 Å². The number of rotatable bonds is 3. The molecule has 0 bridgehead atoms. The highest BCUT2D eigenvalue weighted by Crippen LogP contribution is 2.43. The molecule has 19 heavy (non-hydrogen) atoms. The molecule has 1 aliphatic heterocycles. The van der Waals surface area contributed by atoms with Gasteiger partial charge in [-0.15, -0.1) is 0 Å². The number of nitrogens with two attached hydrogens (primary N) is 1. The normalized spacial score (nSPS) is 27.5. The van der Waals surface area contributed by atoms with Crippen LogP contribution in [-0.4, -0.2) is 53.4 Å². The highest BCUT2D eigenvalue weighted by atomic mass is 32.1. The van der Waals surface area contributed by atoms with E-state index >= 15 is 0 Å². The lowest BCUT2D eigenvalue weighted by Crippen LogP contribution is -2.52. The van der Waals surface area contributed by atoms with E-state index in [0.717, 1.165) is 32.6 Å². The molecule has 1 amide bonds. The lowest BCUT2D eigenvalue weighted by atomic mass is 9.81. The van der Waals surface area contributed by atoms with Crippen molar-refractivity contribution >= 4 is 23.1 Å². The fourth-order valence-corrected chi connectivity index (χ4v) is 3.53. The first-order valence-corrected chi connectivity index (χ1v) is 7.60. The first kappa shape index (κ1) is 14.7. The van der Waals surface area contributed by atoms with Crippen LogP contribution in [0.4, 0.5) is 0 Å². The third kappa shape index (κ3) is 3.45. The van der Waals surface area contributed by atoms with Gasteiger partial charge < -0.3 is 10.6 Å². The van der Waals surface area contributed by atoms with Crippen LogP contribution in [0.25, 0.3) is 0 Å². The van der Waals surface area contributed by atoms with Crippen molar-refractivity contribution in [2.75, 3.05) is 32.7 Å². The second kappa shape index (κ2) is 5.75. The average molecular weight is 283 g/mol. The summed E-state index contributed by atoms with van der Waals surface area (Å²) in [5.41, 5.74) is 5.74. The van der Waals surface area contributed by atoms with Crippen LogP contribution in [0.3, 0.4) is 0 Å². The van der Waals surface area contributed by atoms with Gasteiger partial charge in [0, 0.05) is 38.6 Å². The van der Waals surface area contributed by atoms with Crippen molar-refractivity contribution in [3.8, 4) is 0 Å². The maximum atomic E-state index is 12.6. The van der Waals surface area contributed by atoms with Gasteiger partial charge in [0.15, 0.2) is 0 Å². The Balaban J connectivity index is 1.87. The van der Waals surface area contributed by atoms with Crippen LogP contribution in [0, 0.1) is 11.3 Å². The Bertz CT molecular complexity index is 362. The van der Waals surface area contributed by atoms with E-state index in [9.17, 15) is 4.79 Å². The van der Waals surface area contributed by atoms with E-state index in [1.165, 1.54) is 12.8 Å². The number of nitrogens with zero attached hydrogens (tertiary/aromatic N) is 2. The molecule has 0 aromatic heterocycles. The van der Waals surface area contributed by atoms with E-state index in [-0.39, 0.29) is 11.3 Å². The minimum absolute atomic E-state index is 0.174. The second-order valence-electron chi connectivity index (χ2n) is 6.50. The Labute approximate surface area is 121 Å². The summed E-state index contributed by atoms with van der Waals surface area (Å²) in [4.78, 5) is 17.4. The Morgan fingerprint density at radius 1 is 1.32 bits per heavy atom. The Morgan fingerprint density at radius 2 is 1.95 bits per heavy atom. The van der Waals surface area contributed by atoms with Crippen LogP contribution < -0.4 is 5.73 Å². The Morgan fingerprint density at radius 3 is 2.42 bits per heavy atom. The molecule has 0 aromatic carbocycles. The van der Waals surface area contributed by atoms with Gasteiger partial charge in [-0.1, -0.05) is 32.5 Å². The first-order chi connectivity index (χ1) is 8.90. The van der Waals surface area contributed by atoms with Gasteiger partial charge in [0.1, 0.15) is 0 Å². The molecule has 1 aliphatic carbocycles. The van der Waals surface area contributed by atoms with E-state index in [2.05, 4.69) is 18.7 Å². The van der Waals surface area contributed by atoms with Crippen molar-refractivity contribution in [2.45, 2.75) is 33.1 Å². The van der Waals surface area contributed by atoms with Crippen molar-refractivity contribution in [2.24, 2.45) is 17.1 Å². The summed E-state index contributed by atoms with van der Waals surface area (Å²) in [5, 5.41) is 0. The molecule has 108 valence electrons. The summed E-state index contributed by atoms with van der Waals surface area (Å²) in [6, 6.07) is 0. The largest absolute Gasteiger partial charge is 0.392 e. The molecule has 0 aromatic rings. The fourth-order valence-electron chi connectivity index (χ4n) is 3.35. The Kier molecular flexibility index (Phi) is 4.46. The van der Waals surface area contributed by atoms with Crippen LogP contribution in [-0.2, 0) is 4.79 Å². The monoisotopic (exact) mass is 283 g/mol. The van der Waals surface area contributed by atoms with Crippen molar-refractivity contribution in [3.63, 3.8) is 0 Å². The van der Waals surface area contributed by atoms with E-state index in [4.69, 9.17) is 18.0 Å². The highest BCUT2D eigenvalue weighted by Gasteiger charge is 2.41. The maximum Gasteiger partial charge on any atom is 0.226 e. The molecule has 1 atom stereocenters. The summed E-state index contributed by atoms with van der Waals surface area (Å²) >= 11 is 4.93. The molecule has 4 nitrogen and oxygen atoms in total. The van der Waals surface area contributed by atoms with Crippen molar-refractivity contribution in [3.05, 3.63) is 0 Å². The number of carbonyl (C=O) groups is 1. The van der Waals surface area contributed by atoms with Crippen LogP contribution >= 0.6 is 12.2 Å². The minimum Gasteiger partial charge on any atom is -0.392 e. The molecule has 1 saturated carbocycles. The summed E-state index contributed by atoms with van der Waals surface area (Å²) in [6.45, 7) is 8.53. The van der Waals surface area contributed by atoms with Crippen molar-refractivity contribution in [1.29, 1.82) is 0 Å². The quantitative estimate of drug-likeness (QED) is 0.792. The molecule has 0 radical (unpaired) electrons. The molecular formula is C14H25N3OS. The number of amides is 1. The van der Waals surface area contributed by atoms with Gasteiger partial charge in [-0.2, -0.15) is 0 Å². The standard InChI is InChI=1S/C14H25N3OS/c1-14(2)5-3-4-11(14)13(18)17-8-6-16(7-9-17)10-12(15)19/h11H,3-10H2,1-2H3,(H2,15,19). The van der Waals surface area contributed by atoms with Crippen LogP contribution in [0.1, 0.15) is 33.1 Å². The van der Waals surface area contributed by atoms with E-state index in [1.54, 1.807) is 0 Å². The van der Waals surface area contributed by atoms with Gasteiger partial charge in [0.25, 0.3) is 0 Å². The SMILES string of the molecule is CC1(C)CCCC1C(=O)N1CCN(CC(N)=S)CC1. The molecule has 2 fully saturated rings. The molecule has 1 heterocycles. The minimum atomic E-state index is 0.174. The molecule has 2 N–H and O–H groups in total. The first-order valence-electron chi connectivity index (χ1n) is 7.19. The summed E-state index contributed by atoms with van der Waals surface area (Å²) in [7, 11) is 0. The predicted molar refractivity (Wildman–Crippen MR) is 80.9 cm³/mol. The van der Waals surface area contributed by atoms with Crippen molar-refractivity contribution < 1.29 is 4.79 Å². The van der Waals surface area contributed by atoms with Crippen LogP contribution in [0.5, 0.6) is 0 Å². The lowest BCUT2D eigenvalue weighted by molar-refractivity contribution is -0.140. The zero-order chi connectivity index (χ0) is 14.0. The van der Waals surface area contributed by atoms with E-state index in [0.29, 0.717) is 17.4 Å². The van der Waals surface area contributed by atoms with Gasteiger partial charge in [-0.25, -0.2) is 0 Å².